The van der Waals surface area contributed by atoms with Crippen molar-refractivity contribution in [2.75, 3.05) is 6.54 Å². The summed E-state index contributed by atoms with van der Waals surface area (Å²) in [4.78, 5) is 7.24. The number of fused-ring (bicyclic) bond motifs is 1. The van der Waals surface area contributed by atoms with Crippen LogP contribution in [0.3, 0.4) is 0 Å². The molecule has 0 saturated heterocycles. The van der Waals surface area contributed by atoms with Gasteiger partial charge in [-0.2, -0.15) is 0 Å². The molecule has 3 aromatic rings. The molecule has 25 heavy (non-hydrogen) atoms. The fourth-order valence-corrected chi connectivity index (χ4v) is 4.01. The van der Waals surface area contributed by atoms with Crippen LogP contribution in [0.1, 0.15) is 41.5 Å². The van der Waals surface area contributed by atoms with E-state index in [0.717, 1.165) is 37.9 Å². The quantitative estimate of drug-likeness (QED) is 0.707. The average Bonchev–Trinajstić information content (AvgIpc) is 3.09. The fraction of sp³-hybridized carbons (Fsp3) is 0.381. The smallest absolute Gasteiger partial charge is 0.117 e. The first-order valence-electron chi connectivity index (χ1n) is 9.20. The Kier molecular flexibility index (Phi) is 3.71. The van der Waals surface area contributed by atoms with Crippen molar-refractivity contribution in [1.82, 2.24) is 14.5 Å². The lowest BCUT2D eigenvalue weighted by Crippen LogP contribution is -2.34. The fourth-order valence-electron chi connectivity index (χ4n) is 4.01. The molecule has 1 saturated carbocycles. The van der Waals surface area contributed by atoms with E-state index in [1.54, 1.807) is 6.26 Å². The zero-order valence-corrected chi connectivity index (χ0v) is 14.3. The van der Waals surface area contributed by atoms with E-state index in [9.17, 15) is 0 Å². The van der Waals surface area contributed by atoms with E-state index in [1.807, 2.05) is 12.3 Å². The van der Waals surface area contributed by atoms with Crippen molar-refractivity contribution >= 4 is 0 Å². The van der Waals surface area contributed by atoms with Crippen LogP contribution in [0, 0.1) is 5.92 Å². The van der Waals surface area contributed by atoms with Gasteiger partial charge in [0.15, 0.2) is 0 Å². The number of aromatic nitrogens is 2. The molecule has 0 bridgehead atoms. The van der Waals surface area contributed by atoms with Crippen LogP contribution in [0.15, 0.2) is 59.5 Å². The van der Waals surface area contributed by atoms with Gasteiger partial charge in [-0.05, 0) is 42.0 Å². The average molecular weight is 333 g/mol. The van der Waals surface area contributed by atoms with Crippen LogP contribution in [0.5, 0.6) is 0 Å². The highest BCUT2D eigenvalue weighted by Crippen LogP contribution is 2.36. The van der Waals surface area contributed by atoms with Crippen LogP contribution in [-0.4, -0.2) is 21.0 Å². The lowest BCUT2D eigenvalue weighted by Gasteiger charge is -2.34. The third-order valence-corrected chi connectivity index (χ3v) is 5.44. The standard InChI is InChI=1S/C21H23N3O/c1-2-6-19-17(4-1)13-23(14-18-5-3-11-25-18)15-20(19)21-22-9-10-24(21)12-16-7-8-16/h1-6,9-11,16,20H,7-8,12-15H2/t20-/m1/s1. The zero-order chi connectivity index (χ0) is 16.6. The molecule has 0 unspecified atom stereocenters. The van der Waals surface area contributed by atoms with E-state index in [0.29, 0.717) is 5.92 Å². The predicted octanol–water partition coefficient (Wildman–Crippen LogP) is 4.03. The highest BCUT2D eigenvalue weighted by Gasteiger charge is 2.31. The summed E-state index contributed by atoms with van der Waals surface area (Å²) in [6, 6.07) is 12.9. The van der Waals surface area contributed by atoms with Crippen LogP contribution in [0.25, 0.3) is 0 Å². The molecule has 1 aliphatic carbocycles. The molecule has 3 heterocycles. The molecule has 4 heteroatoms. The van der Waals surface area contributed by atoms with Gasteiger partial charge in [0.25, 0.3) is 0 Å². The normalized spacial score (nSPS) is 20.6. The van der Waals surface area contributed by atoms with E-state index in [2.05, 4.69) is 46.0 Å². The first kappa shape index (κ1) is 15.0. The highest BCUT2D eigenvalue weighted by atomic mass is 16.3. The van der Waals surface area contributed by atoms with Crippen molar-refractivity contribution in [3.63, 3.8) is 0 Å². The van der Waals surface area contributed by atoms with Crippen molar-refractivity contribution in [3.05, 3.63) is 77.8 Å². The number of hydrogen-bond donors (Lipinski definition) is 0. The van der Waals surface area contributed by atoms with Crippen molar-refractivity contribution in [1.29, 1.82) is 0 Å². The summed E-state index contributed by atoms with van der Waals surface area (Å²) in [7, 11) is 0. The maximum absolute atomic E-state index is 5.57. The van der Waals surface area contributed by atoms with Crippen molar-refractivity contribution in [3.8, 4) is 0 Å². The van der Waals surface area contributed by atoms with Crippen molar-refractivity contribution < 1.29 is 4.42 Å². The van der Waals surface area contributed by atoms with Gasteiger partial charge >= 0.3 is 0 Å². The van der Waals surface area contributed by atoms with Crippen molar-refractivity contribution in [2.24, 2.45) is 5.92 Å². The summed E-state index contributed by atoms with van der Waals surface area (Å²) >= 11 is 0. The molecule has 1 aliphatic heterocycles. The Hall–Kier alpha value is -2.33. The largest absolute Gasteiger partial charge is 0.468 e. The van der Waals surface area contributed by atoms with Gasteiger partial charge in [-0.1, -0.05) is 24.3 Å². The number of nitrogens with zero attached hydrogens (tertiary/aromatic N) is 3. The van der Waals surface area contributed by atoms with E-state index in [4.69, 9.17) is 9.40 Å². The van der Waals surface area contributed by atoms with E-state index in [-0.39, 0.29) is 0 Å². The summed E-state index contributed by atoms with van der Waals surface area (Å²) in [6.45, 7) is 3.92. The van der Waals surface area contributed by atoms with Gasteiger partial charge in [-0.25, -0.2) is 4.98 Å². The first-order valence-corrected chi connectivity index (χ1v) is 9.20. The molecule has 0 amide bonds. The Balaban J connectivity index is 1.47. The van der Waals surface area contributed by atoms with Crippen LogP contribution < -0.4 is 0 Å². The number of benzene rings is 1. The Morgan fingerprint density at radius 3 is 2.88 bits per heavy atom. The van der Waals surface area contributed by atoms with Crippen molar-refractivity contribution in [2.45, 2.75) is 38.4 Å². The Bertz CT molecular complexity index is 848. The minimum atomic E-state index is 0.327. The monoisotopic (exact) mass is 333 g/mol. The zero-order valence-electron chi connectivity index (χ0n) is 14.3. The van der Waals surface area contributed by atoms with E-state index in [1.165, 1.54) is 29.8 Å². The molecule has 5 rings (SSSR count). The predicted molar refractivity (Wildman–Crippen MR) is 96.1 cm³/mol. The van der Waals surface area contributed by atoms with Gasteiger partial charge in [0.05, 0.1) is 18.7 Å². The minimum Gasteiger partial charge on any atom is -0.468 e. The summed E-state index contributed by atoms with van der Waals surface area (Å²) < 4.78 is 7.96. The summed E-state index contributed by atoms with van der Waals surface area (Å²) in [5.41, 5.74) is 2.84. The summed E-state index contributed by atoms with van der Waals surface area (Å²) in [6.07, 6.45) is 8.60. The third-order valence-electron chi connectivity index (χ3n) is 5.44. The molecule has 4 nitrogen and oxygen atoms in total. The SMILES string of the molecule is c1coc(CN2Cc3ccccc3[C@H](c3nccn3CC3CC3)C2)c1. The second kappa shape index (κ2) is 6.19. The lowest BCUT2D eigenvalue weighted by atomic mass is 9.89. The molecule has 128 valence electrons. The third kappa shape index (κ3) is 3.02. The molecule has 2 aromatic heterocycles. The summed E-state index contributed by atoms with van der Waals surface area (Å²) in [5, 5.41) is 0. The van der Waals surface area contributed by atoms with Crippen LogP contribution in [0.2, 0.25) is 0 Å². The van der Waals surface area contributed by atoms with Crippen LogP contribution in [0.4, 0.5) is 0 Å². The minimum absolute atomic E-state index is 0.327. The molecule has 0 radical (unpaired) electrons. The molecule has 2 aliphatic rings. The molecular formula is C21H23N3O. The van der Waals surface area contributed by atoms with Crippen LogP contribution in [-0.2, 0) is 19.6 Å². The van der Waals surface area contributed by atoms with E-state index < -0.39 is 0 Å². The van der Waals surface area contributed by atoms with Gasteiger partial charge in [-0.15, -0.1) is 0 Å². The maximum Gasteiger partial charge on any atom is 0.117 e. The number of imidazole rings is 1. The molecule has 1 fully saturated rings. The van der Waals surface area contributed by atoms with Gasteiger partial charge in [0, 0.05) is 32.0 Å². The number of hydrogen-bond acceptors (Lipinski definition) is 3. The molecule has 1 atom stereocenters. The number of furan rings is 1. The maximum atomic E-state index is 5.57. The van der Waals surface area contributed by atoms with Gasteiger partial charge in [0.2, 0.25) is 0 Å². The molecule has 0 spiro atoms. The van der Waals surface area contributed by atoms with Gasteiger partial charge < -0.3 is 8.98 Å². The molecule has 0 N–H and O–H groups in total. The molecular weight excluding hydrogens is 310 g/mol. The second-order valence-electron chi connectivity index (χ2n) is 7.38. The second-order valence-corrected chi connectivity index (χ2v) is 7.38. The Labute approximate surface area is 148 Å². The van der Waals surface area contributed by atoms with Gasteiger partial charge in [0.1, 0.15) is 11.6 Å². The topological polar surface area (TPSA) is 34.2 Å². The number of rotatable bonds is 5. The highest BCUT2D eigenvalue weighted by molar-refractivity contribution is 5.37. The van der Waals surface area contributed by atoms with E-state index >= 15 is 0 Å². The van der Waals surface area contributed by atoms with Crippen LogP contribution >= 0.6 is 0 Å². The Morgan fingerprint density at radius 1 is 1.12 bits per heavy atom. The lowest BCUT2D eigenvalue weighted by molar-refractivity contribution is 0.210. The van der Waals surface area contributed by atoms with Gasteiger partial charge in [-0.3, -0.25) is 4.90 Å². The molecule has 1 aromatic carbocycles. The Morgan fingerprint density at radius 2 is 2.04 bits per heavy atom. The first-order chi connectivity index (χ1) is 12.4. The summed E-state index contributed by atoms with van der Waals surface area (Å²) in [5.74, 6) is 3.42.